The van der Waals surface area contributed by atoms with Gasteiger partial charge < -0.3 is 15.6 Å². The Labute approximate surface area is 154 Å². The normalized spacial score (nSPS) is 10.5. The highest BCUT2D eigenvalue weighted by molar-refractivity contribution is 6.34. The van der Waals surface area contributed by atoms with Gasteiger partial charge in [0.25, 0.3) is 0 Å². The third kappa shape index (κ3) is 3.48. The van der Waals surface area contributed by atoms with Gasteiger partial charge in [-0.2, -0.15) is 0 Å². The van der Waals surface area contributed by atoms with Crippen LogP contribution in [0, 0.1) is 5.82 Å². The molecular weight excluding hydrogens is 357 g/mol. The van der Waals surface area contributed by atoms with Crippen molar-refractivity contribution in [1.29, 1.82) is 0 Å². The maximum absolute atomic E-state index is 13.8. The van der Waals surface area contributed by atoms with Gasteiger partial charge in [-0.05, 0) is 23.8 Å². The molecule has 26 heavy (non-hydrogen) atoms. The van der Waals surface area contributed by atoms with Gasteiger partial charge in [0.2, 0.25) is 0 Å². The van der Waals surface area contributed by atoms with Crippen LogP contribution >= 0.6 is 11.6 Å². The fraction of sp³-hybridized carbons (Fsp3) is 0.0500. The van der Waals surface area contributed by atoms with E-state index < -0.39 is 11.8 Å². The first kappa shape index (κ1) is 17.8. The minimum Gasteiger partial charge on any atom is -0.488 e. The molecule has 0 heterocycles. The molecule has 0 aromatic heterocycles. The third-order valence-electron chi connectivity index (χ3n) is 3.87. The van der Waals surface area contributed by atoms with Crippen LogP contribution in [-0.2, 0) is 6.61 Å². The van der Waals surface area contributed by atoms with E-state index >= 15 is 0 Å². The Morgan fingerprint density at radius 2 is 1.81 bits per heavy atom. The predicted molar refractivity (Wildman–Crippen MR) is 99.0 cm³/mol. The number of rotatable bonds is 5. The van der Waals surface area contributed by atoms with Gasteiger partial charge >= 0.3 is 5.97 Å². The van der Waals surface area contributed by atoms with E-state index in [4.69, 9.17) is 22.1 Å². The Balaban J connectivity index is 2.10. The number of carboxylic acids is 1. The van der Waals surface area contributed by atoms with Crippen molar-refractivity contribution in [3.05, 3.63) is 82.6 Å². The lowest BCUT2D eigenvalue weighted by molar-refractivity contribution is 0.0692. The highest BCUT2D eigenvalue weighted by Gasteiger charge is 2.23. The van der Waals surface area contributed by atoms with Gasteiger partial charge in [0.05, 0.1) is 5.02 Å². The van der Waals surface area contributed by atoms with Crippen LogP contribution in [0.5, 0.6) is 5.75 Å². The van der Waals surface area contributed by atoms with Crippen LogP contribution < -0.4 is 10.5 Å². The van der Waals surface area contributed by atoms with Crippen molar-refractivity contribution < 1.29 is 19.0 Å². The fourth-order valence-corrected chi connectivity index (χ4v) is 2.88. The van der Waals surface area contributed by atoms with Gasteiger partial charge in [-0.15, -0.1) is 0 Å². The van der Waals surface area contributed by atoms with E-state index in [1.165, 1.54) is 30.3 Å². The maximum Gasteiger partial charge on any atom is 0.340 e. The summed E-state index contributed by atoms with van der Waals surface area (Å²) in [6, 6.07) is 16.5. The Bertz CT molecular complexity index is 961. The van der Waals surface area contributed by atoms with Gasteiger partial charge in [0, 0.05) is 16.8 Å². The summed E-state index contributed by atoms with van der Waals surface area (Å²) in [7, 11) is 0. The summed E-state index contributed by atoms with van der Waals surface area (Å²) in [5.74, 6) is -1.77. The lowest BCUT2D eigenvalue weighted by Crippen LogP contribution is -2.08. The molecule has 0 aliphatic rings. The highest BCUT2D eigenvalue weighted by atomic mass is 35.5. The summed E-state index contributed by atoms with van der Waals surface area (Å²) in [4.78, 5) is 11.9. The largest absolute Gasteiger partial charge is 0.488 e. The van der Waals surface area contributed by atoms with Crippen LogP contribution in [0.25, 0.3) is 11.1 Å². The third-order valence-corrected chi connectivity index (χ3v) is 4.26. The highest BCUT2D eigenvalue weighted by Crippen LogP contribution is 2.40. The van der Waals surface area contributed by atoms with Crippen LogP contribution in [0.1, 0.15) is 15.9 Å². The lowest BCUT2D eigenvalue weighted by Gasteiger charge is -2.16. The number of aromatic carboxylic acids is 1. The molecule has 0 amide bonds. The quantitative estimate of drug-likeness (QED) is 0.618. The molecule has 0 bridgehead atoms. The predicted octanol–water partition coefficient (Wildman–Crippen LogP) is 5.01. The number of hydrogen-bond acceptors (Lipinski definition) is 3. The van der Waals surface area contributed by atoms with Gasteiger partial charge in [-0.1, -0.05) is 54.1 Å². The van der Waals surface area contributed by atoms with Crippen molar-refractivity contribution >= 4 is 23.3 Å². The van der Waals surface area contributed by atoms with Gasteiger partial charge in [-0.3, -0.25) is 0 Å². The summed E-state index contributed by atoms with van der Waals surface area (Å²) >= 11 is 6.04. The molecule has 132 valence electrons. The molecule has 3 rings (SSSR count). The number of benzene rings is 3. The van der Waals surface area contributed by atoms with Crippen molar-refractivity contribution in [2.24, 2.45) is 0 Å². The average Bonchev–Trinajstić information content (AvgIpc) is 2.63. The van der Waals surface area contributed by atoms with Crippen LogP contribution in [0.2, 0.25) is 5.02 Å². The standard InChI is InChI=1S/C20H15ClFNO3/c21-19-13(7-4-8-14(19)22)17-15(23)9-10-16(18(17)20(24)25)26-11-12-5-2-1-3-6-12/h1-10H,11,23H2,(H,24,25). The average molecular weight is 372 g/mol. The molecule has 0 saturated carbocycles. The van der Waals surface area contributed by atoms with Gasteiger partial charge in [0.1, 0.15) is 23.7 Å². The monoisotopic (exact) mass is 371 g/mol. The molecule has 0 spiro atoms. The molecule has 0 unspecified atom stereocenters. The van der Waals surface area contributed by atoms with Crippen LogP contribution in [0.15, 0.2) is 60.7 Å². The topological polar surface area (TPSA) is 72.5 Å². The number of carboxylic acid groups (broad SMARTS) is 1. The van der Waals surface area contributed by atoms with Crippen molar-refractivity contribution in [1.82, 2.24) is 0 Å². The second kappa shape index (κ2) is 7.45. The maximum atomic E-state index is 13.8. The number of halogens is 2. The molecule has 3 aromatic rings. The summed E-state index contributed by atoms with van der Waals surface area (Å²) in [5.41, 5.74) is 7.21. The van der Waals surface area contributed by atoms with Crippen molar-refractivity contribution in [2.45, 2.75) is 6.61 Å². The van der Waals surface area contributed by atoms with E-state index in [9.17, 15) is 14.3 Å². The van der Waals surface area contributed by atoms with E-state index in [0.29, 0.717) is 0 Å². The van der Waals surface area contributed by atoms with E-state index in [1.54, 1.807) is 0 Å². The van der Waals surface area contributed by atoms with Crippen molar-refractivity contribution in [3.63, 3.8) is 0 Å². The van der Waals surface area contributed by atoms with Crippen LogP contribution in [0.3, 0.4) is 0 Å². The van der Waals surface area contributed by atoms with Crippen molar-refractivity contribution in [2.75, 3.05) is 5.73 Å². The van der Waals surface area contributed by atoms with Gasteiger partial charge in [-0.25, -0.2) is 9.18 Å². The second-order valence-electron chi connectivity index (χ2n) is 5.58. The minimum absolute atomic E-state index is 0.130. The smallest absolute Gasteiger partial charge is 0.340 e. The zero-order chi connectivity index (χ0) is 18.7. The SMILES string of the molecule is Nc1ccc(OCc2ccccc2)c(C(=O)O)c1-c1cccc(F)c1Cl. The number of hydrogen-bond donors (Lipinski definition) is 2. The fourth-order valence-electron chi connectivity index (χ4n) is 2.65. The molecule has 0 atom stereocenters. The second-order valence-corrected chi connectivity index (χ2v) is 5.96. The Morgan fingerprint density at radius 1 is 1.08 bits per heavy atom. The number of ether oxygens (including phenoxy) is 1. The Hall–Kier alpha value is -3.05. The molecule has 3 N–H and O–H groups in total. The number of nitrogens with two attached hydrogens (primary N) is 1. The summed E-state index contributed by atoms with van der Waals surface area (Å²) < 4.78 is 19.5. The summed E-state index contributed by atoms with van der Waals surface area (Å²) in [6.07, 6.45) is 0. The lowest BCUT2D eigenvalue weighted by atomic mass is 9.96. The first-order chi connectivity index (χ1) is 12.5. The first-order valence-electron chi connectivity index (χ1n) is 7.76. The number of anilines is 1. The Morgan fingerprint density at radius 3 is 2.50 bits per heavy atom. The molecule has 0 aliphatic heterocycles. The first-order valence-corrected chi connectivity index (χ1v) is 8.13. The van der Waals surface area contributed by atoms with E-state index in [-0.39, 0.29) is 39.8 Å². The molecule has 0 radical (unpaired) electrons. The molecule has 0 aliphatic carbocycles. The van der Waals surface area contributed by atoms with E-state index in [1.807, 2.05) is 30.3 Å². The summed E-state index contributed by atoms with van der Waals surface area (Å²) in [6.45, 7) is 0.182. The van der Waals surface area contributed by atoms with Crippen LogP contribution in [0.4, 0.5) is 10.1 Å². The minimum atomic E-state index is -1.24. The summed E-state index contributed by atoms with van der Waals surface area (Å²) in [5, 5.41) is 9.52. The molecule has 4 nitrogen and oxygen atoms in total. The zero-order valence-corrected chi connectivity index (χ0v) is 14.3. The van der Waals surface area contributed by atoms with Gasteiger partial charge in [0.15, 0.2) is 0 Å². The molecule has 3 aromatic carbocycles. The number of carbonyl (C=O) groups is 1. The van der Waals surface area contributed by atoms with E-state index in [0.717, 1.165) is 5.56 Å². The molecule has 6 heteroatoms. The zero-order valence-electron chi connectivity index (χ0n) is 13.6. The molecule has 0 fully saturated rings. The molecular formula is C20H15ClFNO3. The van der Waals surface area contributed by atoms with E-state index in [2.05, 4.69) is 0 Å². The molecule has 0 saturated heterocycles. The number of nitrogen functional groups attached to an aromatic ring is 1. The van der Waals surface area contributed by atoms with Crippen molar-refractivity contribution in [3.8, 4) is 16.9 Å². The van der Waals surface area contributed by atoms with Crippen LogP contribution in [-0.4, -0.2) is 11.1 Å². The Kier molecular flexibility index (Phi) is 5.09.